The first-order chi connectivity index (χ1) is 15.7. The summed E-state index contributed by atoms with van der Waals surface area (Å²) in [6, 6.07) is 8.73. The molecule has 0 spiro atoms. The van der Waals surface area contributed by atoms with Gasteiger partial charge in [0, 0.05) is 59.0 Å². The average Bonchev–Trinajstić information content (AvgIpc) is 3.23. The second-order valence-corrected chi connectivity index (χ2v) is 8.83. The lowest BCUT2D eigenvalue weighted by Crippen LogP contribution is -2.47. The monoisotopic (exact) mass is 515 g/mol. The average molecular weight is 516 g/mol. The van der Waals surface area contributed by atoms with Crippen LogP contribution in [0.1, 0.15) is 13.8 Å². The third-order valence-electron chi connectivity index (χ3n) is 4.89. The number of aromatic nitrogens is 5. The first-order valence-corrected chi connectivity index (χ1v) is 12.0. The molecule has 0 amide bonds. The fourth-order valence-corrected chi connectivity index (χ4v) is 4.61. The quantitative estimate of drug-likeness (QED) is 0.382. The summed E-state index contributed by atoms with van der Waals surface area (Å²) in [5.41, 5.74) is 0.976. The van der Waals surface area contributed by atoms with E-state index in [1.807, 2.05) is 36.7 Å². The molecule has 0 aliphatic carbocycles. The smallest absolute Gasteiger partial charge is 0.225 e. The predicted octanol–water partition coefficient (Wildman–Crippen LogP) is 4.92. The van der Waals surface area contributed by atoms with E-state index >= 15 is 0 Å². The van der Waals surface area contributed by atoms with Crippen molar-refractivity contribution in [1.29, 1.82) is 0 Å². The Morgan fingerprint density at radius 2 is 1.66 bits per heavy atom. The van der Waals surface area contributed by atoms with Crippen molar-refractivity contribution in [2.24, 2.45) is 0 Å². The Kier molecular flexibility index (Phi) is 7.21. The molecule has 7 nitrogen and oxygen atoms in total. The zero-order valence-corrected chi connectivity index (χ0v) is 20.2. The standard InChI is InChI=1S/C20H17BrFN7S.C2H6/c21-14-9-17-19(25-13-26-29(17)12-14)27-5-7-28(8-6-27)20-23-10-15(11-24-20)30-18-4-2-1-3-16(18)22;1-2/h1-4,9-13H,5-8H2;1-2H3. The van der Waals surface area contributed by atoms with Crippen LogP contribution in [0.2, 0.25) is 0 Å². The van der Waals surface area contributed by atoms with Crippen LogP contribution in [0.4, 0.5) is 16.2 Å². The Bertz CT molecular complexity index is 1180. The van der Waals surface area contributed by atoms with Crippen LogP contribution in [0.5, 0.6) is 0 Å². The Hall–Kier alpha value is -2.72. The van der Waals surface area contributed by atoms with Crippen LogP contribution >= 0.6 is 27.7 Å². The number of nitrogens with zero attached hydrogens (tertiary/aromatic N) is 7. The van der Waals surface area contributed by atoms with Gasteiger partial charge in [-0.2, -0.15) is 5.10 Å². The van der Waals surface area contributed by atoms with Crippen LogP contribution in [0.25, 0.3) is 5.52 Å². The van der Waals surface area contributed by atoms with Gasteiger partial charge in [-0.3, -0.25) is 0 Å². The van der Waals surface area contributed by atoms with Crippen molar-refractivity contribution in [2.45, 2.75) is 23.6 Å². The van der Waals surface area contributed by atoms with E-state index in [0.717, 1.165) is 46.9 Å². The molecule has 5 rings (SSSR count). The van der Waals surface area contributed by atoms with Crippen molar-refractivity contribution in [3.8, 4) is 0 Å². The van der Waals surface area contributed by atoms with Gasteiger partial charge in [0.25, 0.3) is 0 Å². The van der Waals surface area contributed by atoms with Gasteiger partial charge in [0.2, 0.25) is 5.95 Å². The second kappa shape index (κ2) is 10.3. The van der Waals surface area contributed by atoms with Crippen LogP contribution in [0, 0.1) is 5.82 Å². The van der Waals surface area contributed by atoms with Crippen LogP contribution in [0.3, 0.4) is 0 Å². The zero-order valence-electron chi connectivity index (χ0n) is 17.8. The first kappa shape index (κ1) is 22.5. The molecule has 0 saturated carbocycles. The molecule has 0 N–H and O–H groups in total. The van der Waals surface area contributed by atoms with Gasteiger partial charge in [0.05, 0.1) is 0 Å². The van der Waals surface area contributed by atoms with Crippen molar-refractivity contribution in [2.75, 3.05) is 36.0 Å². The highest BCUT2D eigenvalue weighted by Gasteiger charge is 2.22. The molecule has 3 aromatic heterocycles. The fraction of sp³-hybridized carbons (Fsp3) is 0.273. The third kappa shape index (κ3) is 4.86. The molecule has 0 bridgehead atoms. The summed E-state index contributed by atoms with van der Waals surface area (Å²) < 4.78 is 16.6. The van der Waals surface area contributed by atoms with Crippen molar-refractivity contribution in [3.05, 3.63) is 65.5 Å². The van der Waals surface area contributed by atoms with Crippen LogP contribution in [-0.2, 0) is 0 Å². The Morgan fingerprint density at radius 1 is 0.969 bits per heavy atom. The van der Waals surface area contributed by atoms with E-state index < -0.39 is 0 Å². The third-order valence-corrected chi connectivity index (χ3v) is 6.32. The van der Waals surface area contributed by atoms with E-state index in [-0.39, 0.29) is 5.82 Å². The number of fused-ring (bicyclic) bond motifs is 1. The SMILES string of the molecule is CC.Fc1ccccc1Sc1cnc(N2CCN(c3ncnn4cc(Br)cc34)CC2)nc1. The molecule has 32 heavy (non-hydrogen) atoms. The summed E-state index contributed by atoms with van der Waals surface area (Å²) in [6.45, 7) is 7.20. The Morgan fingerprint density at radius 3 is 2.38 bits per heavy atom. The highest BCUT2D eigenvalue weighted by molar-refractivity contribution is 9.10. The molecule has 10 heteroatoms. The van der Waals surface area contributed by atoms with Crippen LogP contribution in [0.15, 0.2) is 69.5 Å². The lowest BCUT2D eigenvalue weighted by atomic mass is 10.3. The fourth-order valence-electron chi connectivity index (χ4n) is 3.43. The van der Waals surface area contributed by atoms with Gasteiger partial charge in [-0.25, -0.2) is 23.9 Å². The summed E-state index contributed by atoms with van der Waals surface area (Å²) in [7, 11) is 0. The number of hydrogen-bond donors (Lipinski definition) is 0. The summed E-state index contributed by atoms with van der Waals surface area (Å²) in [4.78, 5) is 19.3. The normalized spacial score (nSPS) is 13.8. The maximum absolute atomic E-state index is 13.8. The highest BCUT2D eigenvalue weighted by atomic mass is 79.9. The molecule has 4 heterocycles. The van der Waals surface area contributed by atoms with E-state index in [9.17, 15) is 4.39 Å². The van der Waals surface area contributed by atoms with E-state index in [0.29, 0.717) is 10.8 Å². The number of hydrogen-bond acceptors (Lipinski definition) is 7. The Labute approximate surface area is 198 Å². The predicted molar refractivity (Wildman–Crippen MR) is 129 cm³/mol. The highest BCUT2D eigenvalue weighted by Crippen LogP contribution is 2.29. The van der Waals surface area contributed by atoms with Gasteiger partial charge in [0.1, 0.15) is 17.7 Å². The number of rotatable bonds is 4. The van der Waals surface area contributed by atoms with Crippen LogP contribution in [-0.4, -0.2) is 50.7 Å². The molecule has 1 aromatic carbocycles. The molecular weight excluding hydrogens is 493 g/mol. The zero-order chi connectivity index (χ0) is 22.5. The number of benzene rings is 1. The molecule has 1 aliphatic heterocycles. The van der Waals surface area contributed by atoms with Crippen molar-refractivity contribution in [3.63, 3.8) is 0 Å². The molecule has 1 aliphatic rings. The molecule has 0 unspecified atom stereocenters. The summed E-state index contributed by atoms with van der Waals surface area (Å²) in [5, 5.41) is 4.26. The number of anilines is 2. The van der Waals surface area contributed by atoms with Gasteiger partial charge < -0.3 is 9.80 Å². The minimum atomic E-state index is -0.239. The molecule has 166 valence electrons. The van der Waals surface area contributed by atoms with Crippen molar-refractivity contribution >= 4 is 45.0 Å². The maximum Gasteiger partial charge on any atom is 0.225 e. The van der Waals surface area contributed by atoms with Gasteiger partial charge >= 0.3 is 0 Å². The minimum absolute atomic E-state index is 0.239. The molecule has 0 atom stereocenters. The second-order valence-electron chi connectivity index (χ2n) is 6.80. The topological polar surface area (TPSA) is 62.5 Å². The van der Waals surface area contributed by atoms with E-state index in [1.165, 1.54) is 17.8 Å². The summed E-state index contributed by atoms with van der Waals surface area (Å²) in [6.07, 6.45) is 7.00. The molecule has 1 saturated heterocycles. The number of halogens is 2. The van der Waals surface area contributed by atoms with E-state index in [4.69, 9.17) is 0 Å². The minimum Gasteiger partial charge on any atom is -0.351 e. The molecule has 1 fully saturated rings. The van der Waals surface area contributed by atoms with E-state index in [2.05, 4.69) is 45.8 Å². The maximum atomic E-state index is 13.8. The molecular formula is C22H23BrFN7S. The Balaban J connectivity index is 0.00000119. The first-order valence-electron chi connectivity index (χ1n) is 10.4. The van der Waals surface area contributed by atoms with Gasteiger partial charge in [-0.1, -0.05) is 37.7 Å². The lowest BCUT2D eigenvalue weighted by molar-refractivity contribution is 0.602. The van der Waals surface area contributed by atoms with Crippen LogP contribution < -0.4 is 9.80 Å². The summed E-state index contributed by atoms with van der Waals surface area (Å²) in [5.74, 6) is 1.37. The lowest BCUT2D eigenvalue weighted by Gasteiger charge is -2.35. The van der Waals surface area contributed by atoms with Gasteiger partial charge in [0.15, 0.2) is 5.82 Å². The van der Waals surface area contributed by atoms with Gasteiger partial charge in [-0.05, 0) is 34.1 Å². The number of piperazine rings is 1. The van der Waals surface area contributed by atoms with Gasteiger partial charge in [-0.15, -0.1) is 0 Å². The summed E-state index contributed by atoms with van der Waals surface area (Å²) >= 11 is 4.82. The van der Waals surface area contributed by atoms with Crippen molar-refractivity contribution < 1.29 is 4.39 Å². The molecule has 4 aromatic rings. The van der Waals surface area contributed by atoms with Crippen molar-refractivity contribution in [1.82, 2.24) is 24.6 Å². The molecule has 0 radical (unpaired) electrons. The largest absolute Gasteiger partial charge is 0.351 e. The van der Waals surface area contributed by atoms with E-state index in [1.54, 1.807) is 30.9 Å².